The molecule has 2 unspecified atom stereocenters. The molecule has 2 aliphatic carbocycles. The summed E-state index contributed by atoms with van der Waals surface area (Å²) in [5, 5.41) is 0. The number of Topliss-reactive ketones (excluding diaryl/α,β-unsaturated/α-hetero) is 1. The summed E-state index contributed by atoms with van der Waals surface area (Å²) in [5.41, 5.74) is 0. The van der Waals surface area contributed by atoms with Crippen LogP contribution in [-0.4, -0.2) is 5.78 Å². The second kappa shape index (κ2) is 5.14. The highest BCUT2D eigenvalue weighted by Crippen LogP contribution is 2.37. The van der Waals surface area contributed by atoms with E-state index in [0.29, 0.717) is 17.6 Å². The van der Waals surface area contributed by atoms with Gasteiger partial charge in [-0.15, -0.1) is 0 Å². The molecular weight excluding hydrogens is 184 g/mol. The third kappa shape index (κ3) is 2.62. The maximum absolute atomic E-state index is 12.2. The zero-order valence-electron chi connectivity index (χ0n) is 10.0. The number of carbonyl (C=O) groups is 1. The Morgan fingerprint density at radius 1 is 1.07 bits per heavy atom. The fourth-order valence-electron chi connectivity index (χ4n) is 3.25. The molecule has 1 heteroatoms. The Balaban J connectivity index is 1.85. The largest absolute Gasteiger partial charge is 0.299 e. The highest BCUT2D eigenvalue weighted by Gasteiger charge is 2.31. The topological polar surface area (TPSA) is 17.1 Å². The summed E-state index contributed by atoms with van der Waals surface area (Å²) in [6, 6.07) is 0. The van der Waals surface area contributed by atoms with Gasteiger partial charge in [-0.1, -0.05) is 45.4 Å². The predicted octanol–water partition coefficient (Wildman–Crippen LogP) is 3.96. The van der Waals surface area contributed by atoms with E-state index >= 15 is 0 Å². The van der Waals surface area contributed by atoms with Crippen LogP contribution in [0.1, 0.15) is 64.7 Å². The number of hydrogen-bond acceptors (Lipinski definition) is 1. The molecule has 2 aliphatic rings. The molecule has 2 saturated carbocycles. The molecule has 0 aromatic rings. The average Bonchev–Trinajstić information content (AvgIpc) is 2.23. The standard InChI is InChI=1S/C14H24O/c1-2-12-8-3-4-9-13(12)14(15)10-11-6-5-7-11/h11-13H,2-10H2,1H3. The van der Waals surface area contributed by atoms with E-state index in [2.05, 4.69) is 6.92 Å². The smallest absolute Gasteiger partial charge is 0.136 e. The van der Waals surface area contributed by atoms with Gasteiger partial charge in [0.2, 0.25) is 0 Å². The first kappa shape index (κ1) is 11.2. The van der Waals surface area contributed by atoms with Crippen molar-refractivity contribution in [1.29, 1.82) is 0 Å². The highest BCUT2D eigenvalue weighted by molar-refractivity contribution is 5.81. The van der Waals surface area contributed by atoms with Crippen molar-refractivity contribution in [3.63, 3.8) is 0 Å². The molecule has 15 heavy (non-hydrogen) atoms. The fraction of sp³-hybridized carbons (Fsp3) is 0.929. The molecule has 2 atom stereocenters. The van der Waals surface area contributed by atoms with Crippen molar-refractivity contribution in [1.82, 2.24) is 0 Å². The van der Waals surface area contributed by atoms with Gasteiger partial charge < -0.3 is 0 Å². The van der Waals surface area contributed by atoms with Crippen LogP contribution in [0.4, 0.5) is 0 Å². The van der Waals surface area contributed by atoms with Crippen LogP contribution in [0.2, 0.25) is 0 Å². The van der Waals surface area contributed by atoms with E-state index in [4.69, 9.17) is 0 Å². The van der Waals surface area contributed by atoms with Crippen molar-refractivity contribution >= 4 is 5.78 Å². The molecule has 2 rings (SSSR count). The van der Waals surface area contributed by atoms with Gasteiger partial charge in [-0.3, -0.25) is 4.79 Å². The van der Waals surface area contributed by atoms with Crippen LogP contribution in [-0.2, 0) is 4.79 Å². The Bertz CT molecular complexity index is 217. The van der Waals surface area contributed by atoms with Crippen molar-refractivity contribution in [3.05, 3.63) is 0 Å². The normalized spacial score (nSPS) is 32.3. The Morgan fingerprint density at radius 3 is 2.40 bits per heavy atom. The van der Waals surface area contributed by atoms with Crippen LogP contribution < -0.4 is 0 Å². The van der Waals surface area contributed by atoms with E-state index in [9.17, 15) is 4.79 Å². The monoisotopic (exact) mass is 208 g/mol. The lowest BCUT2D eigenvalue weighted by atomic mass is 9.72. The van der Waals surface area contributed by atoms with Gasteiger partial charge >= 0.3 is 0 Å². The summed E-state index contributed by atoms with van der Waals surface area (Å²) in [5.74, 6) is 2.51. The lowest BCUT2D eigenvalue weighted by Crippen LogP contribution is -2.29. The highest BCUT2D eigenvalue weighted by atomic mass is 16.1. The zero-order valence-corrected chi connectivity index (χ0v) is 10.0. The van der Waals surface area contributed by atoms with E-state index in [1.807, 2.05) is 0 Å². The first-order valence-corrected chi connectivity index (χ1v) is 6.84. The van der Waals surface area contributed by atoms with Crippen LogP contribution in [0.5, 0.6) is 0 Å². The SMILES string of the molecule is CCC1CCCCC1C(=O)CC1CCC1. The molecule has 0 bridgehead atoms. The number of rotatable bonds is 4. The van der Waals surface area contributed by atoms with Gasteiger partial charge in [0.05, 0.1) is 0 Å². The predicted molar refractivity (Wildman–Crippen MR) is 62.7 cm³/mol. The lowest BCUT2D eigenvalue weighted by Gasteiger charge is -2.32. The molecule has 0 aliphatic heterocycles. The molecule has 1 nitrogen and oxygen atoms in total. The molecule has 86 valence electrons. The summed E-state index contributed by atoms with van der Waals surface area (Å²) in [7, 11) is 0. The molecule has 0 amide bonds. The van der Waals surface area contributed by atoms with E-state index < -0.39 is 0 Å². The van der Waals surface area contributed by atoms with E-state index in [1.54, 1.807) is 0 Å². The Kier molecular flexibility index (Phi) is 3.82. The molecule has 0 spiro atoms. The summed E-state index contributed by atoms with van der Waals surface area (Å²) < 4.78 is 0. The van der Waals surface area contributed by atoms with Crippen molar-refractivity contribution < 1.29 is 4.79 Å². The second-order valence-electron chi connectivity index (χ2n) is 5.53. The van der Waals surface area contributed by atoms with Crippen LogP contribution in [0.25, 0.3) is 0 Å². The van der Waals surface area contributed by atoms with Gasteiger partial charge in [-0.25, -0.2) is 0 Å². The molecule has 0 aromatic carbocycles. The van der Waals surface area contributed by atoms with Gasteiger partial charge in [0, 0.05) is 12.3 Å². The van der Waals surface area contributed by atoms with E-state index in [0.717, 1.165) is 12.3 Å². The van der Waals surface area contributed by atoms with Gasteiger partial charge in [-0.2, -0.15) is 0 Å². The minimum Gasteiger partial charge on any atom is -0.299 e. The quantitative estimate of drug-likeness (QED) is 0.683. The molecule has 0 saturated heterocycles. The Labute approximate surface area is 93.6 Å². The molecule has 0 N–H and O–H groups in total. The lowest BCUT2D eigenvalue weighted by molar-refractivity contribution is -0.127. The number of hydrogen-bond donors (Lipinski definition) is 0. The minimum atomic E-state index is 0.435. The first-order valence-electron chi connectivity index (χ1n) is 6.84. The minimum absolute atomic E-state index is 0.435. The molecule has 0 heterocycles. The maximum atomic E-state index is 12.2. The molecule has 0 radical (unpaired) electrons. The van der Waals surface area contributed by atoms with Crippen molar-refractivity contribution in [2.45, 2.75) is 64.7 Å². The second-order valence-corrected chi connectivity index (χ2v) is 5.53. The van der Waals surface area contributed by atoms with Gasteiger partial charge in [0.25, 0.3) is 0 Å². The molecule has 2 fully saturated rings. The molecular formula is C14H24O. The number of ketones is 1. The van der Waals surface area contributed by atoms with E-state index in [1.165, 1.54) is 51.4 Å². The van der Waals surface area contributed by atoms with Gasteiger partial charge in [0.1, 0.15) is 5.78 Å². The third-order valence-corrected chi connectivity index (χ3v) is 4.56. The third-order valence-electron chi connectivity index (χ3n) is 4.56. The summed E-state index contributed by atoms with van der Waals surface area (Å²) in [6.07, 6.45) is 11.2. The summed E-state index contributed by atoms with van der Waals surface area (Å²) in [4.78, 5) is 12.2. The number of carbonyl (C=O) groups excluding carboxylic acids is 1. The summed E-state index contributed by atoms with van der Waals surface area (Å²) >= 11 is 0. The zero-order chi connectivity index (χ0) is 10.7. The Hall–Kier alpha value is -0.330. The molecule has 0 aromatic heterocycles. The van der Waals surface area contributed by atoms with Crippen LogP contribution >= 0.6 is 0 Å². The first-order chi connectivity index (χ1) is 7.31. The van der Waals surface area contributed by atoms with Crippen LogP contribution in [0.3, 0.4) is 0 Å². The summed E-state index contributed by atoms with van der Waals surface area (Å²) in [6.45, 7) is 2.25. The van der Waals surface area contributed by atoms with E-state index in [-0.39, 0.29) is 0 Å². The van der Waals surface area contributed by atoms with Crippen LogP contribution in [0, 0.1) is 17.8 Å². The van der Waals surface area contributed by atoms with Crippen molar-refractivity contribution in [2.75, 3.05) is 0 Å². The van der Waals surface area contributed by atoms with Crippen molar-refractivity contribution in [2.24, 2.45) is 17.8 Å². The van der Waals surface area contributed by atoms with Gasteiger partial charge in [0.15, 0.2) is 0 Å². The maximum Gasteiger partial charge on any atom is 0.136 e. The van der Waals surface area contributed by atoms with Crippen LogP contribution in [0.15, 0.2) is 0 Å². The average molecular weight is 208 g/mol. The van der Waals surface area contributed by atoms with Crippen molar-refractivity contribution in [3.8, 4) is 0 Å². The fourth-order valence-corrected chi connectivity index (χ4v) is 3.25. The Morgan fingerprint density at radius 2 is 1.80 bits per heavy atom. The van der Waals surface area contributed by atoms with Gasteiger partial charge in [-0.05, 0) is 24.7 Å².